The molecular weight excluding hydrogens is 296 g/mol. The molecule has 0 saturated heterocycles. The van der Waals surface area contributed by atoms with Crippen molar-refractivity contribution in [3.05, 3.63) is 12.4 Å². The van der Waals surface area contributed by atoms with Gasteiger partial charge in [-0.3, -0.25) is 0 Å². The summed E-state index contributed by atoms with van der Waals surface area (Å²) in [6.45, 7) is 2.12. The molecule has 0 aliphatic rings. The van der Waals surface area contributed by atoms with E-state index in [0.717, 1.165) is 9.80 Å². The minimum atomic E-state index is -0.829. The van der Waals surface area contributed by atoms with Crippen molar-refractivity contribution in [2.24, 2.45) is 15.9 Å². The van der Waals surface area contributed by atoms with Gasteiger partial charge in [-0.25, -0.2) is 9.98 Å². The summed E-state index contributed by atoms with van der Waals surface area (Å²) in [4.78, 5) is 10.2. The summed E-state index contributed by atoms with van der Waals surface area (Å²) in [6.07, 6.45) is 0. The molecule has 0 heterocycles. The van der Waals surface area contributed by atoms with E-state index in [1.165, 1.54) is 6.92 Å². The fourth-order valence-corrected chi connectivity index (χ4v) is 1.33. The molecule has 6 N–H and O–H groups in total. The third-order valence-corrected chi connectivity index (χ3v) is 2.83. The lowest BCUT2D eigenvalue weighted by molar-refractivity contribution is 0.0570. The second-order valence-electron chi connectivity index (χ2n) is 4.25. The van der Waals surface area contributed by atoms with E-state index in [1.807, 2.05) is 0 Å². The molecule has 0 bridgehead atoms. The molecule has 0 fully saturated rings. The molecule has 0 aliphatic carbocycles. The minimum absolute atomic E-state index is 0.0219. The van der Waals surface area contributed by atoms with Crippen LogP contribution < -0.4 is 0 Å². The van der Waals surface area contributed by atoms with Crippen LogP contribution in [0.15, 0.2) is 22.4 Å². The van der Waals surface area contributed by atoms with Crippen molar-refractivity contribution in [3.63, 3.8) is 0 Å². The first-order valence-electron chi connectivity index (χ1n) is 6.46. The number of hydrogen-bond acceptors (Lipinski definition) is 8. The van der Waals surface area contributed by atoms with Crippen LogP contribution in [0.5, 0.6) is 0 Å². The van der Waals surface area contributed by atoms with Crippen LogP contribution in [0.2, 0.25) is 0 Å². The van der Waals surface area contributed by atoms with Crippen LogP contribution in [0.25, 0.3) is 0 Å². The zero-order chi connectivity index (χ0) is 17.1. The zero-order valence-corrected chi connectivity index (χ0v) is 12.5. The molecule has 0 saturated carbocycles. The van der Waals surface area contributed by atoms with Gasteiger partial charge < -0.3 is 40.4 Å². The first-order valence-corrected chi connectivity index (χ1v) is 6.46. The van der Waals surface area contributed by atoms with E-state index in [-0.39, 0.29) is 17.5 Å². The lowest BCUT2D eigenvalue weighted by Gasteiger charge is -2.22. The van der Waals surface area contributed by atoms with Gasteiger partial charge in [-0.05, 0) is 6.92 Å². The summed E-state index contributed by atoms with van der Waals surface area (Å²) in [5, 5.41) is 54.7. The highest BCUT2D eigenvalue weighted by Gasteiger charge is 2.17. The zero-order valence-electron chi connectivity index (χ0n) is 12.5. The highest BCUT2D eigenvalue weighted by Crippen LogP contribution is 2.09. The van der Waals surface area contributed by atoms with Crippen LogP contribution in [0, 0.1) is 5.92 Å². The second-order valence-corrected chi connectivity index (χ2v) is 4.25. The normalized spacial score (nSPS) is 12.7. The lowest BCUT2D eigenvalue weighted by atomic mass is 10.1. The maximum atomic E-state index is 9.26. The maximum Gasteiger partial charge on any atom is 0.140 e. The Balaban J connectivity index is 5.55. The molecule has 10 nitrogen and oxygen atoms in total. The molecule has 0 atom stereocenters. The van der Waals surface area contributed by atoms with E-state index in [1.54, 1.807) is 0 Å². The largest absolute Gasteiger partial charge is 0.396 e. The van der Waals surface area contributed by atoms with Crippen molar-refractivity contribution in [1.29, 1.82) is 0 Å². The Morgan fingerprint density at radius 1 is 0.864 bits per heavy atom. The quantitative estimate of drug-likeness (QED) is 0.152. The molecule has 0 aliphatic heterocycles. The third-order valence-electron chi connectivity index (χ3n) is 2.83. The number of nitrogens with zero attached hydrogens (tertiary/aromatic N) is 4. The predicted molar refractivity (Wildman–Crippen MR) is 79.4 cm³/mol. The van der Waals surface area contributed by atoms with Crippen molar-refractivity contribution < 1.29 is 30.6 Å². The Hall–Kier alpha value is -1.56. The van der Waals surface area contributed by atoms with Gasteiger partial charge >= 0.3 is 0 Å². The van der Waals surface area contributed by atoms with Gasteiger partial charge in [0.1, 0.15) is 44.4 Å². The first kappa shape index (κ1) is 20.4. The molecular formula is C12H24N4O6. The minimum Gasteiger partial charge on any atom is -0.396 e. The van der Waals surface area contributed by atoms with E-state index >= 15 is 0 Å². The monoisotopic (exact) mass is 320 g/mol. The molecule has 22 heavy (non-hydrogen) atoms. The lowest BCUT2D eigenvalue weighted by Crippen LogP contribution is -2.33. The van der Waals surface area contributed by atoms with E-state index in [4.69, 9.17) is 20.4 Å². The van der Waals surface area contributed by atoms with Crippen molar-refractivity contribution in [1.82, 2.24) is 9.80 Å². The van der Waals surface area contributed by atoms with Gasteiger partial charge in [0.2, 0.25) is 0 Å². The fraction of sp³-hybridized carbons (Fsp3) is 0.667. The second kappa shape index (κ2) is 11.1. The van der Waals surface area contributed by atoms with Crippen LogP contribution in [0.1, 0.15) is 6.92 Å². The summed E-state index contributed by atoms with van der Waals surface area (Å²) in [5.41, 5.74) is 0. The SMILES string of the molecule is C=C(/N=C(\N=C(/C)N(CO)CO)C(CO)CO)N(CO)CO. The van der Waals surface area contributed by atoms with Crippen molar-refractivity contribution in [3.8, 4) is 0 Å². The summed E-state index contributed by atoms with van der Waals surface area (Å²) >= 11 is 0. The highest BCUT2D eigenvalue weighted by molar-refractivity contribution is 5.97. The fourth-order valence-electron chi connectivity index (χ4n) is 1.33. The number of aliphatic imine (C=N–C) groups is 2. The average Bonchev–Trinajstić information content (AvgIpc) is 2.50. The van der Waals surface area contributed by atoms with Gasteiger partial charge in [-0.2, -0.15) is 0 Å². The Morgan fingerprint density at radius 3 is 1.68 bits per heavy atom. The summed E-state index contributed by atoms with van der Waals surface area (Å²) < 4.78 is 0. The molecule has 128 valence electrons. The predicted octanol–water partition coefficient (Wildman–Crippen LogP) is -2.72. The van der Waals surface area contributed by atoms with Crippen LogP contribution in [-0.2, 0) is 0 Å². The van der Waals surface area contributed by atoms with E-state index < -0.39 is 46.1 Å². The molecule has 0 amide bonds. The number of amidine groups is 2. The van der Waals surface area contributed by atoms with Crippen LogP contribution in [-0.4, -0.2) is 92.2 Å². The molecule has 0 aromatic carbocycles. The summed E-state index contributed by atoms with van der Waals surface area (Å²) in [7, 11) is 0. The smallest absolute Gasteiger partial charge is 0.140 e. The van der Waals surface area contributed by atoms with Gasteiger partial charge in [-0.1, -0.05) is 6.58 Å². The van der Waals surface area contributed by atoms with Crippen LogP contribution >= 0.6 is 0 Å². The summed E-state index contributed by atoms with van der Waals surface area (Å²) in [5.74, 6) is -0.678. The maximum absolute atomic E-state index is 9.26. The first-order chi connectivity index (χ1) is 10.5. The van der Waals surface area contributed by atoms with E-state index in [0.29, 0.717) is 0 Å². The molecule has 0 radical (unpaired) electrons. The molecule has 0 rings (SSSR count). The highest BCUT2D eigenvalue weighted by atomic mass is 16.3. The van der Waals surface area contributed by atoms with E-state index in [2.05, 4.69) is 16.6 Å². The Bertz CT molecular complexity index is 389. The number of aliphatic hydroxyl groups excluding tert-OH is 6. The number of hydrogen-bond donors (Lipinski definition) is 6. The molecule has 0 spiro atoms. The Kier molecular flexibility index (Phi) is 10.3. The average molecular weight is 320 g/mol. The topological polar surface area (TPSA) is 153 Å². The number of rotatable bonds is 9. The van der Waals surface area contributed by atoms with Gasteiger partial charge in [0.05, 0.1) is 19.1 Å². The standard InChI is InChI=1S/C12H24N4O6/c1-9(15(5-19)6-20)13-12(11(3-17)4-18)14-10(2)16(7-21)8-22/h11,17-22H,1,3-8H2,2H3/b13-12-,14-10+. The molecule has 0 aromatic heterocycles. The molecule has 0 unspecified atom stereocenters. The Morgan fingerprint density at radius 2 is 1.32 bits per heavy atom. The summed E-state index contributed by atoms with van der Waals surface area (Å²) in [6, 6.07) is 0. The van der Waals surface area contributed by atoms with Crippen molar-refractivity contribution >= 4 is 11.7 Å². The van der Waals surface area contributed by atoms with E-state index in [9.17, 15) is 10.2 Å². The third kappa shape index (κ3) is 6.05. The van der Waals surface area contributed by atoms with Gasteiger partial charge in [0.25, 0.3) is 0 Å². The van der Waals surface area contributed by atoms with Gasteiger partial charge in [-0.15, -0.1) is 0 Å². The molecule has 0 aromatic rings. The van der Waals surface area contributed by atoms with Crippen molar-refractivity contribution in [2.75, 3.05) is 40.1 Å². The molecule has 10 heteroatoms. The number of aliphatic hydroxyl groups is 6. The van der Waals surface area contributed by atoms with Gasteiger partial charge in [0.15, 0.2) is 0 Å². The van der Waals surface area contributed by atoms with Crippen molar-refractivity contribution in [2.45, 2.75) is 6.92 Å². The Labute approximate surface area is 128 Å². The van der Waals surface area contributed by atoms with Gasteiger partial charge in [0, 0.05) is 0 Å². The van der Waals surface area contributed by atoms with Crippen LogP contribution in [0.4, 0.5) is 0 Å². The van der Waals surface area contributed by atoms with Crippen LogP contribution in [0.3, 0.4) is 0 Å².